The number of benzene rings is 2. The van der Waals surface area contributed by atoms with Gasteiger partial charge in [-0.05, 0) is 35.7 Å². The lowest BCUT2D eigenvalue weighted by Gasteiger charge is -2.09. The van der Waals surface area contributed by atoms with Gasteiger partial charge in [-0.1, -0.05) is 38.1 Å². The second-order valence-electron chi connectivity index (χ2n) is 4.76. The maximum absolute atomic E-state index is 12.5. The highest BCUT2D eigenvalue weighted by molar-refractivity contribution is 7.91. The van der Waals surface area contributed by atoms with Crippen molar-refractivity contribution < 1.29 is 8.42 Å². The van der Waals surface area contributed by atoms with Gasteiger partial charge in [0.1, 0.15) is 0 Å². The molecule has 0 radical (unpaired) electrons. The molecule has 2 rings (SSSR count). The average Bonchev–Trinajstić information content (AvgIpc) is 2.39. The summed E-state index contributed by atoms with van der Waals surface area (Å²) in [6.45, 7) is 4.14. The molecule has 2 aromatic rings. The molecule has 0 fully saturated rings. The van der Waals surface area contributed by atoms with Crippen molar-refractivity contribution >= 4 is 27.9 Å². The lowest BCUT2D eigenvalue weighted by molar-refractivity contribution is 0.596. The van der Waals surface area contributed by atoms with Gasteiger partial charge in [0.15, 0.2) is 0 Å². The number of nitrogens with two attached hydrogens (primary N) is 1. The first-order valence-electron chi connectivity index (χ1n) is 6.12. The van der Waals surface area contributed by atoms with Gasteiger partial charge < -0.3 is 5.73 Å². The van der Waals surface area contributed by atoms with Gasteiger partial charge in [-0.25, -0.2) is 8.42 Å². The van der Waals surface area contributed by atoms with Gasteiger partial charge in [0.2, 0.25) is 9.84 Å². The van der Waals surface area contributed by atoms with Crippen LogP contribution in [0.15, 0.2) is 58.3 Å². The molecule has 5 heteroatoms. The minimum Gasteiger partial charge on any atom is -0.398 e. The maximum Gasteiger partial charge on any atom is 0.208 e. The van der Waals surface area contributed by atoms with Crippen molar-refractivity contribution in [1.29, 1.82) is 0 Å². The summed E-state index contributed by atoms with van der Waals surface area (Å²) in [5.74, 6) is 0.374. The molecule has 0 saturated carbocycles. The molecule has 0 heterocycles. The summed E-state index contributed by atoms with van der Waals surface area (Å²) in [4.78, 5) is 0.432. The third-order valence-corrected chi connectivity index (χ3v) is 4.91. The van der Waals surface area contributed by atoms with Crippen LogP contribution in [0.1, 0.15) is 25.3 Å². The van der Waals surface area contributed by atoms with Crippen molar-refractivity contribution in [2.45, 2.75) is 29.6 Å². The largest absolute Gasteiger partial charge is 0.398 e. The maximum atomic E-state index is 12.5. The molecule has 0 bridgehead atoms. The summed E-state index contributed by atoms with van der Waals surface area (Å²) < 4.78 is 24.9. The predicted octanol–water partition coefficient (Wildman–Crippen LogP) is 3.65. The Bertz CT molecular complexity index is 679. The summed E-state index contributed by atoms with van der Waals surface area (Å²) in [6, 6.07) is 13.5. The van der Waals surface area contributed by atoms with Crippen LogP contribution in [0, 0.1) is 0 Å². The molecule has 0 amide bonds. The van der Waals surface area contributed by atoms with E-state index in [-0.39, 0.29) is 27.9 Å². The summed E-state index contributed by atoms with van der Waals surface area (Å²) in [5.41, 5.74) is 7.13. The van der Waals surface area contributed by atoms with Crippen LogP contribution in [0.5, 0.6) is 0 Å². The number of anilines is 1. The Morgan fingerprint density at radius 3 is 2.00 bits per heavy atom. The highest BCUT2D eigenvalue weighted by Crippen LogP contribution is 2.26. The van der Waals surface area contributed by atoms with Crippen LogP contribution < -0.4 is 5.73 Å². The standard InChI is InChI=1S/C15H17NO2S.ClH/c1-11(2)12-7-9-13(10-8-12)19(17,18)15-6-4-3-5-14(15)16;/h3-11H,16H2,1-2H3;1H. The SMILES string of the molecule is CC(C)c1ccc(S(=O)(=O)c2ccccc2N)cc1.Cl. The van der Waals surface area contributed by atoms with E-state index in [2.05, 4.69) is 13.8 Å². The number of rotatable bonds is 3. The van der Waals surface area contributed by atoms with Crippen LogP contribution >= 0.6 is 12.4 Å². The van der Waals surface area contributed by atoms with Gasteiger partial charge in [0, 0.05) is 0 Å². The summed E-state index contributed by atoms with van der Waals surface area (Å²) in [7, 11) is -3.54. The molecule has 0 aliphatic rings. The molecule has 2 N–H and O–H groups in total. The lowest BCUT2D eigenvalue weighted by Crippen LogP contribution is -2.05. The summed E-state index contributed by atoms with van der Waals surface area (Å²) >= 11 is 0. The molecule has 0 atom stereocenters. The van der Waals surface area contributed by atoms with Gasteiger partial charge in [0.25, 0.3) is 0 Å². The van der Waals surface area contributed by atoms with Crippen LogP contribution in [-0.4, -0.2) is 8.42 Å². The quantitative estimate of drug-likeness (QED) is 0.880. The molecule has 3 nitrogen and oxygen atoms in total. The van der Waals surface area contributed by atoms with E-state index in [4.69, 9.17) is 5.73 Å². The van der Waals surface area contributed by atoms with Crippen molar-refractivity contribution in [2.75, 3.05) is 5.73 Å². The fraction of sp³-hybridized carbons (Fsp3) is 0.200. The van der Waals surface area contributed by atoms with E-state index in [9.17, 15) is 8.42 Å². The fourth-order valence-electron chi connectivity index (χ4n) is 1.88. The Kier molecular flexibility index (Phi) is 5.20. The van der Waals surface area contributed by atoms with Crippen LogP contribution in [0.2, 0.25) is 0 Å². The van der Waals surface area contributed by atoms with Crippen LogP contribution in [0.3, 0.4) is 0 Å². The zero-order chi connectivity index (χ0) is 14.0. The molecule has 0 saturated heterocycles. The minimum atomic E-state index is -3.54. The van der Waals surface area contributed by atoms with Gasteiger partial charge in [-0.15, -0.1) is 12.4 Å². The smallest absolute Gasteiger partial charge is 0.208 e. The number of sulfone groups is 1. The van der Waals surface area contributed by atoms with E-state index in [1.54, 1.807) is 30.3 Å². The van der Waals surface area contributed by atoms with Crippen molar-refractivity contribution in [1.82, 2.24) is 0 Å². The van der Waals surface area contributed by atoms with Crippen molar-refractivity contribution in [2.24, 2.45) is 0 Å². The van der Waals surface area contributed by atoms with E-state index in [0.717, 1.165) is 5.56 Å². The Labute approximate surface area is 126 Å². The van der Waals surface area contributed by atoms with Crippen LogP contribution in [0.4, 0.5) is 5.69 Å². The molecule has 2 aromatic carbocycles. The third-order valence-electron chi connectivity index (χ3n) is 3.07. The average molecular weight is 312 g/mol. The Morgan fingerprint density at radius 1 is 0.950 bits per heavy atom. The highest BCUT2D eigenvalue weighted by atomic mass is 35.5. The number of nitrogen functional groups attached to an aromatic ring is 1. The molecule has 0 aliphatic heterocycles. The van der Waals surface area contributed by atoms with Gasteiger partial charge in [0.05, 0.1) is 15.5 Å². The second-order valence-corrected chi connectivity index (χ2v) is 6.68. The molecular formula is C15H18ClNO2S. The van der Waals surface area contributed by atoms with E-state index in [1.807, 2.05) is 12.1 Å². The molecule has 0 spiro atoms. The Hall–Kier alpha value is -1.52. The fourth-order valence-corrected chi connectivity index (χ4v) is 3.27. The molecule has 0 unspecified atom stereocenters. The second kappa shape index (κ2) is 6.29. The van der Waals surface area contributed by atoms with Gasteiger partial charge in [-0.3, -0.25) is 0 Å². The monoisotopic (exact) mass is 311 g/mol. The summed E-state index contributed by atoms with van der Waals surface area (Å²) in [5, 5.41) is 0. The van der Waals surface area contributed by atoms with Crippen molar-refractivity contribution in [3.05, 3.63) is 54.1 Å². The molecular weight excluding hydrogens is 294 g/mol. The highest BCUT2D eigenvalue weighted by Gasteiger charge is 2.19. The molecule has 0 aliphatic carbocycles. The number of halogens is 1. The van der Waals surface area contributed by atoms with E-state index in [1.165, 1.54) is 6.07 Å². The van der Waals surface area contributed by atoms with E-state index >= 15 is 0 Å². The molecule has 0 aromatic heterocycles. The number of hydrogen-bond donors (Lipinski definition) is 1. The van der Waals surface area contributed by atoms with Gasteiger partial charge in [-0.2, -0.15) is 0 Å². The van der Waals surface area contributed by atoms with E-state index in [0.29, 0.717) is 5.92 Å². The number of para-hydroxylation sites is 1. The zero-order valence-corrected chi connectivity index (χ0v) is 13.0. The van der Waals surface area contributed by atoms with Gasteiger partial charge >= 0.3 is 0 Å². The van der Waals surface area contributed by atoms with Crippen LogP contribution in [0.25, 0.3) is 0 Å². The first kappa shape index (κ1) is 16.5. The topological polar surface area (TPSA) is 60.2 Å². The third kappa shape index (κ3) is 3.14. The molecule has 108 valence electrons. The zero-order valence-electron chi connectivity index (χ0n) is 11.4. The Balaban J connectivity index is 0.00000200. The van der Waals surface area contributed by atoms with E-state index < -0.39 is 9.84 Å². The lowest BCUT2D eigenvalue weighted by atomic mass is 10.0. The van der Waals surface area contributed by atoms with Crippen LogP contribution in [-0.2, 0) is 9.84 Å². The Morgan fingerprint density at radius 2 is 1.50 bits per heavy atom. The first-order chi connectivity index (χ1) is 8.93. The first-order valence-corrected chi connectivity index (χ1v) is 7.61. The van der Waals surface area contributed by atoms with Crippen molar-refractivity contribution in [3.63, 3.8) is 0 Å². The van der Waals surface area contributed by atoms with Crippen molar-refractivity contribution in [3.8, 4) is 0 Å². The minimum absolute atomic E-state index is 0. The predicted molar refractivity (Wildman–Crippen MR) is 84.1 cm³/mol. The number of hydrogen-bond acceptors (Lipinski definition) is 3. The molecule has 20 heavy (non-hydrogen) atoms. The normalized spacial score (nSPS) is 11.2. The summed E-state index contributed by atoms with van der Waals surface area (Å²) in [6.07, 6.45) is 0.